The lowest BCUT2D eigenvalue weighted by atomic mass is 10.2. The van der Waals surface area contributed by atoms with E-state index < -0.39 is 0 Å². The third-order valence-electron chi connectivity index (χ3n) is 1.75. The van der Waals surface area contributed by atoms with E-state index in [0.29, 0.717) is 0 Å². The predicted molar refractivity (Wildman–Crippen MR) is 53.9 cm³/mol. The zero-order valence-corrected chi connectivity index (χ0v) is 7.93. The molecule has 1 N–H and O–H groups in total. The van der Waals surface area contributed by atoms with Gasteiger partial charge < -0.3 is 4.98 Å². The highest BCUT2D eigenvalue weighted by Crippen LogP contribution is 2.20. The van der Waals surface area contributed by atoms with E-state index in [1.165, 1.54) is 0 Å². The van der Waals surface area contributed by atoms with Gasteiger partial charge in [0.1, 0.15) is 5.65 Å². The van der Waals surface area contributed by atoms with Crippen LogP contribution in [0.3, 0.4) is 0 Å². The summed E-state index contributed by atoms with van der Waals surface area (Å²) in [4.78, 5) is 7.26. The Labute approximate surface area is 78.4 Å². The standard InChI is InChI=1S/C9H7BrN2/c1-2-6-4-11-9-8(6)3-7(10)5-12-9/h2-5H,1H2,(H,11,12). The van der Waals surface area contributed by atoms with Crippen LogP contribution in [0.2, 0.25) is 0 Å². The monoisotopic (exact) mass is 222 g/mol. The molecule has 2 aromatic rings. The molecule has 0 atom stereocenters. The molecule has 0 fully saturated rings. The Morgan fingerprint density at radius 3 is 3.17 bits per heavy atom. The molecule has 2 rings (SSSR count). The first-order valence-electron chi connectivity index (χ1n) is 3.56. The molecule has 0 saturated carbocycles. The van der Waals surface area contributed by atoms with Crippen LogP contribution in [-0.4, -0.2) is 9.97 Å². The van der Waals surface area contributed by atoms with Crippen LogP contribution in [0.1, 0.15) is 5.56 Å². The van der Waals surface area contributed by atoms with Crippen LogP contribution in [0.15, 0.2) is 29.5 Å². The third kappa shape index (κ3) is 1.06. The van der Waals surface area contributed by atoms with E-state index in [2.05, 4.69) is 32.5 Å². The van der Waals surface area contributed by atoms with Gasteiger partial charge in [0, 0.05) is 27.8 Å². The maximum absolute atomic E-state index is 4.20. The van der Waals surface area contributed by atoms with E-state index >= 15 is 0 Å². The zero-order valence-electron chi connectivity index (χ0n) is 6.34. The van der Waals surface area contributed by atoms with Crippen molar-refractivity contribution in [1.82, 2.24) is 9.97 Å². The van der Waals surface area contributed by atoms with Crippen molar-refractivity contribution in [3.63, 3.8) is 0 Å². The smallest absolute Gasteiger partial charge is 0.137 e. The lowest BCUT2D eigenvalue weighted by molar-refractivity contribution is 1.31. The van der Waals surface area contributed by atoms with Crippen LogP contribution in [-0.2, 0) is 0 Å². The Bertz CT molecular complexity index is 431. The quantitative estimate of drug-likeness (QED) is 0.790. The molecular weight excluding hydrogens is 216 g/mol. The van der Waals surface area contributed by atoms with E-state index in [-0.39, 0.29) is 0 Å². The lowest BCUT2D eigenvalue weighted by Crippen LogP contribution is -1.75. The van der Waals surface area contributed by atoms with Crippen LogP contribution in [0.25, 0.3) is 17.1 Å². The summed E-state index contributed by atoms with van der Waals surface area (Å²) in [5.41, 5.74) is 1.98. The molecule has 0 bridgehead atoms. The normalized spacial score (nSPS) is 10.4. The van der Waals surface area contributed by atoms with Gasteiger partial charge in [-0.1, -0.05) is 12.7 Å². The van der Waals surface area contributed by atoms with Crippen molar-refractivity contribution in [3.8, 4) is 0 Å². The van der Waals surface area contributed by atoms with Crippen LogP contribution in [0, 0.1) is 0 Å². The number of aromatic amines is 1. The number of halogens is 1. The molecule has 0 saturated heterocycles. The summed E-state index contributed by atoms with van der Waals surface area (Å²) < 4.78 is 0.984. The highest BCUT2D eigenvalue weighted by atomic mass is 79.9. The maximum Gasteiger partial charge on any atom is 0.137 e. The van der Waals surface area contributed by atoms with Gasteiger partial charge in [0.05, 0.1) is 0 Å². The fourth-order valence-electron chi connectivity index (χ4n) is 1.17. The van der Waals surface area contributed by atoms with Gasteiger partial charge in [-0.3, -0.25) is 0 Å². The van der Waals surface area contributed by atoms with Gasteiger partial charge in [0.15, 0.2) is 0 Å². The van der Waals surface area contributed by atoms with Gasteiger partial charge in [-0.2, -0.15) is 0 Å². The van der Waals surface area contributed by atoms with Crippen molar-refractivity contribution in [2.45, 2.75) is 0 Å². The van der Waals surface area contributed by atoms with Crippen LogP contribution in [0.4, 0.5) is 0 Å². The third-order valence-corrected chi connectivity index (χ3v) is 2.18. The average molecular weight is 223 g/mol. The molecule has 0 aromatic carbocycles. The molecule has 0 amide bonds. The zero-order chi connectivity index (χ0) is 8.55. The maximum atomic E-state index is 4.20. The Kier molecular flexibility index (Phi) is 1.73. The second-order valence-corrected chi connectivity index (χ2v) is 3.41. The number of nitrogens with one attached hydrogen (secondary N) is 1. The van der Waals surface area contributed by atoms with E-state index in [4.69, 9.17) is 0 Å². The summed E-state index contributed by atoms with van der Waals surface area (Å²) in [6.07, 6.45) is 5.48. The Balaban J connectivity index is 2.83. The highest BCUT2D eigenvalue weighted by molar-refractivity contribution is 9.10. The number of fused-ring (bicyclic) bond motifs is 1. The number of pyridine rings is 1. The fraction of sp³-hybridized carbons (Fsp3) is 0. The molecule has 0 radical (unpaired) electrons. The van der Waals surface area contributed by atoms with Crippen LogP contribution in [0.5, 0.6) is 0 Å². The minimum absolute atomic E-state index is 0.896. The Hall–Kier alpha value is -1.09. The second kappa shape index (κ2) is 2.75. The molecule has 0 aliphatic rings. The summed E-state index contributed by atoms with van der Waals surface area (Å²) in [6.45, 7) is 3.72. The molecule has 2 aromatic heterocycles. The molecule has 0 spiro atoms. The van der Waals surface area contributed by atoms with E-state index in [0.717, 1.165) is 21.1 Å². The fourth-order valence-corrected chi connectivity index (χ4v) is 1.50. The minimum Gasteiger partial charge on any atom is -0.346 e. The van der Waals surface area contributed by atoms with Crippen molar-refractivity contribution >= 4 is 33.0 Å². The SMILES string of the molecule is C=Cc1c[nH]c2ncc(Br)cc12. The van der Waals surface area contributed by atoms with Gasteiger partial charge in [0.2, 0.25) is 0 Å². The minimum atomic E-state index is 0.896. The highest BCUT2D eigenvalue weighted by Gasteiger charge is 2.00. The van der Waals surface area contributed by atoms with Gasteiger partial charge >= 0.3 is 0 Å². The Morgan fingerprint density at radius 1 is 1.58 bits per heavy atom. The van der Waals surface area contributed by atoms with Crippen LogP contribution >= 0.6 is 15.9 Å². The summed E-state index contributed by atoms with van der Waals surface area (Å²) in [5, 5.41) is 1.10. The number of aromatic nitrogens is 2. The summed E-state index contributed by atoms with van der Waals surface area (Å²) in [6, 6.07) is 2.02. The van der Waals surface area contributed by atoms with Crippen molar-refractivity contribution in [3.05, 3.63) is 35.1 Å². The number of hydrogen-bond donors (Lipinski definition) is 1. The first-order valence-corrected chi connectivity index (χ1v) is 4.35. The molecular formula is C9H7BrN2. The average Bonchev–Trinajstić information content (AvgIpc) is 2.46. The molecule has 0 aliphatic heterocycles. The second-order valence-electron chi connectivity index (χ2n) is 2.50. The number of H-pyrrole nitrogens is 1. The summed E-state index contributed by atoms with van der Waals surface area (Å²) >= 11 is 3.37. The molecule has 0 aliphatic carbocycles. The summed E-state index contributed by atoms with van der Waals surface area (Å²) in [5.74, 6) is 0. The largest absolute Gasteiger partial charge is 0.346 e. The number of hydrogen-bond acceptors (Lipinski definition) is 1. The van der Waals surface area contributed by atoms with Crippen molar-refractivity contribution < 1.29 is 0 Å². The van der Waals surface area contributed by atoms with E-state index in [1.807, 2.05) is 18.3 Å². The van der Waals surface area contributed by atoms with E-state index in [9.17, 15) is 0 Å². The lowest BCUT2D eigenvalue weighted by Gasteiger charge is -1.91. The Morgan fingerprint density at radius 2 is 2.42 bits per heavy atom. The van der Waals surface area contributed by atoms with Gasteiger partial charge in [-0.05, 0) is 22.0 Å². The van der Waals surface area contributed by atoms with Gasteiger partial charge in [0.25, 0.3) is 0 Å². The molecule has 0 unspecified atom stereocenters. The first-order chi connectivity index (χ1) is 5.81. The van der Waals surface area contributed by atoms with Gasteiger partial charge in [-0.15, -0.1) is 0 Å². The number of rotatable bonds is 1. The topological polar surface area (TPSA) is 28.7 Å². The van der Waals surface area contributed by atoms with E-state index in [1.54, 1.807) is 6.20 Å². The van der Waals surface area contributed by atoms with Crippen LogP contribution < -0.4 is 0 Å². The molecule has 2 nitrogen and oxygen atoms in total. The number of nitrogens with zero attached hydrogens (tertiary/aromatic N) is 1. The summed E-state index contributed by atoms with van der Waals surface area (Å²) in [7, 11) is 0. The predicted octanol–water partition coefficient (Wildman–Crippen LogP) is 2.97. The van der Waals surface area contributed by atoms with Crippen molar-refractivity contribution in [1.29, 1.82) is 0 Å². The first kappa shape index (κ1) is 7.55. The van der Waals surface area contributed by atoms with Crippen molar-refractivity contribution in [2.24, 2.45) is 0 Å². The molecule has 12 heavy (non-hydrogen) atoms. The molecule has 3 heteroatoms. The molecule has 2 heterocycles. The molecule has 60 valence electrons. The van der Waals surface area contributed by atoms with Crippen molar-refractivity contribution in [2.75, 3.05) is 0 Å². The van der Waals surface area contributed by atoms with Gasteiger partial charge in [-0.25, -0.2) is 4.98 Å².